The molecule has 0 aliphatic carbocycles. The van der Waals surface area contributed by atoms with Crippen LogP contribution >= 0.6 is 0 Å². The molecule has 2 rings (SSSR count). The summed E-state index contributed by atoms with van der Waals surface area (Å²) in [6, 6.07) is 5.46. The Bertz CT molecular complexity index is 518. The molecule has 1 aromatic heterocycles. The number of hydrogen-bond donors (Lipinski definition) is 1. The van der Waals surface area contributed by atoms with E-state index in [1.165, 1.54) is 0 Å². The van der Waals surface area contributed by atoms with E-state index in [9.17, 15) is 4.79 Å². The first-order chi connectivity index (χ1) is 7.11. The summed E-state index contributed by atoms with van der Waals surface area (Å²) in [5, 5.41) is 16.8. The van der Waals surface area contributed by atoms with Crippen LogP contribution in [0.1, 0.15) is 18.4 Å². The van der Waals surface area contributed by atoms with Crippen LogP contribution in [0.4, 0.5) is 0 Å². The third-order valence-electron chi connectivity index (χ3n) is 2.51. The number of nitrogens with zero attached hydrogens (tertiary/aromatic N) is 3. The molecule has 0 saturated carbocycles. The first-order valence-corrected chi connectivity index (χ1v) is 4.62. The number of aryl methyl sites for hydroxylation is 1. The standard InChI is InChI=1S/C10H11N3O2/c1-6(10(14)15)7-4-3-5-8-9(7)11-12-13(8)2/h3-6H,1-2H3,(H,14,15). The highest BCUT2D eigenvalue weighted by Crippen LogP contribution is 2.23. The molecule has 1 unspecified atom stereocenters. The molecule has 1 atom stereocenters. The van der Waals surface area contributed by atoms with Crippen molar-refractivity contribution in [2.75, 3.05) is 0 Å². The number of aliphatic carboxylic acids is 1. The fourth-order valence-corrected chi connectivity index (χ4v) is 1.56. The van der Waals surface area contributed by atoms with E-state index < -0.39 is 11.9 Å². The van der Waals surface area contributed by atoms with E-state index >= 15 is 0 Å². The first kappa shape index (κ1) is 9.64. The van der Waals surface area contributed by atoms with Gasteiger partial charge < -0.3 is 5.11 Å². The highest BCUT2D eigenvalue weighted by atomic mass is 16.4. The normalized spacial score (nSPS) is 12.9. The van der Waals surface area contributed by atoms with Crippen LogP contribution in [0.3, 0.4) is 0 Å². The summed E-state index contributed by atoms with van der Waals surface area (Å²) in [5.41, 5.74) is 2.21. The number of carbonyl (C=O) groups is 1. The fourth-order valence-electron chi connectivity index (χ4n) is 1.56. The van der Waals surface area contributed by atoms with Crippen molar-refractivity contribution in [1.82, 2.24) is 15.0 Å². The summed E-state index contributed by atoms with van der Waals surface area (Å²) in [6.07, 6.45) is 0. The second-order valence-corrected chi connectivity index (χ2v) is 3.49. The predicted molar refractivity (Wildman–Crippen MR) is 54.6 cm³/mol. The van der Waals surface area contributed by atoms with Gasteiger partial charge in [0.15, 0.2) is 0 Å². The number of rotatable bonds is 2. The van der Waals surface area contributed by atoms with Gasteiger partial charge in [-0.3, -0.25) is 4.79 Å². The molecular weight excluding hydrogens is 194 g/mol. The minimum Gasteiger partial charge on any atom is -0.481 e. The second kappa shape index (κ2) is 3.34. The molecule has 0 bridgehead atoms. The Morgan fingerprint density at radius 1 is 1.53 bits per heavy atom. The highest BCUT2D eigenvalue weighted by molar-refractivity contribution is 5.85. The maximum absolute atomic E-state index is 10.9. The van der Waals surface area contributed by atoms with Gasteiger partial charge >= 0.3 is 5.97 Å². The molecule has 5 nitrogen and oxygen atoms in total. The Morgan fingerprint density at radius 2 is 2.27 bits per heavy atom. The lowest BCUT2D eigenvalue weighted by molar-refractivity contribution is -0.138. The summed E-state index contributed by atoms with van der Waals surface area (Å²) in [7, 11) is 1.78. The van der Waals surface area contributed by atoms with Crippen LogP contribution in [0.15, 0.2) is 18.2 Å². The maximum atomic E-state index is 10.9. The largest absolute Gasteiger partial charge is 0.481 e. The number of benzene rings is 1. The van der Waals surface area contributed by atoms with Crippen LogP contribution in [0, 0.1) is 0 Å². The van der Waals surface area contributed by atoms with Gasteiger partial charge in [-0.25, -0.2) is 4.68 Å². The van der Waals surface area contributed by atoms with E-state index in [1.54, 1.807) is 24.7 Å². The Balaban J connectivity index is 2.66. The SMILES string of the molecule is CC(C(=O)O)c1cccc2c1nnn2C. The minimum atomic E-state index is -0.854. The molecule has 0 aliphatic heterocycles. The minimum absolute atomic E-state index is 0.564. The van der Waals surface area contributed by atoms with Crippen LogP contribution in [-0.2, 0) is 11.8 Å². The van der Waals surface area contributed by atoms with Gasteiger partial charge in [-0.15, -0.1) is 5.10 Å². The average molecular weight is 205 g/mol. The van der Waals surface area contributed by atoms with E-state index in [1.807, 2.05) is 12.1 Å². The van der Waals surface area contributed by atoms with E-state index in [2.05, 4.69) is 10.3 Å². The van der Waals surface area contributed by atoms with Crippen LogP contribution in [0.2, 0.25) is 0 Å². The van der Waals surface area contributed by atoms with Gasteiger partial charge in [-0.05, 0) is 18.6 Å². The van der Waals surface area contributed by atoms with Gasteiger partial charge in [0.25, 0.3) is 0 Å². The molecule has 0 fully saturated rings. The van der Waals surface area contributed by atoms with Crippen molar-refractivity contribution >= 4 is 17.0 Å². The quantitative estimate of drug-likeness (QED) is 0.798. The van der Waals surface area contributed by atoms with E-state index in [-0.39, 0.29) is 0 Å². The maximum Gasteiger partial charge on any atom is 0.310 e. The van der Waals surface area contributed by atoms with Gasteiger partial charge in [0.1, 0.15) is 5.52 Å². The zero-order valence-corrected chi connectivity index (χ0v) is 8.51. The van der Waals surface area contributed by atoms with Crippen molar-refractivity contribution in [1.29, 1.82) is 0 Å². The Labute approximate surface area is 86.3 Å². The zero-order valence-electron chi connectivity index (χ0n) is 8.51. The van der Waals surface area contributed by atoms with Crippen LogP contribution in [0.25, 0.3) is 11.0 Å². The smallest absolute Gasteiger partial charge is 0.310 e. The molecule has 1 heterocycles. The summed E-state index contributed by atoms with van der Waals surface area (Å²) in [6.45, 7) is 1.64. The third kappa shape index (κ3) is 1.45. The average Bonchev–Trinajstić information content (AvgIpc) is 2.59. The van der Waals surface area contributed by atoms with Crippen molar-refractivity contribution in [2.45, 2.75) is 12.8 Å². The van der Waals surface area contributed by atoms with Gasteiger partial charge in [-0.1, -0.05) is 17.3 Å². The number of hydrogen-bond acceptors (Lipinski definition) is 3. The summed E-state index contributed by atoms with van der Waals surface area (Å²) < 4.78 is 1.63. The van der Waals surface area contributed by atoms with Crippen molar-refractivity contribution in [2.24, 2.45) is 7.05 Å². The molecule has 0 saturated heterocycles. The molecule has 5 heteroatoms. The van der Waals surface area contributed by atoms with Crippen molar-refractivity contribution in [3.05, 3.63) is 23.8 Å². The molecule has 0 radical (unpaired) electrons. The van der Waals surface area contributed by atoms with Crippen molar-refractivity contribution < 1.29 is 9.90 Å². The van der Waals surface area contributed by atoms with E-state index in [4.69, 9.17) is 5.11 Å². The van der Waals surface area contributed by atoms with E-state index in [0.717, 1.165) is 5.52 Å². The summed E-state index contributed by atoms with van der Waals surface area (Å²) in [4.78, 5) is 10.9. The lowest BCUT2D eigenvalue weighted by atomic mass is 10.00. The van der Waals surface area contributed by atoms with Gasteiger partial charge in [0, 0.05) is 7.05 Å². The lowest BCUT2D eigenvalue weighted by Gasteiger charge is -2.06. The second-order valence-electron chi connectivity index (χ2n) is 3.49. The van der Waals surface area contributed by atoms with Crippen molar-refractivity contribution in [3.63, 3.8) is 0 Å². The monoisotopic (exact) mass is 205 g/mol. The Hall–Kier alpha value is -1.91. The van der Waals surface area contributed by atoms with Gasteiger partial charge in [-0.2, -0.15) is 0 Å². The summed E-state index contributed by atoms with van der Waals surface area (Å²) in [5.74, 6) is -1.42. The van der Waals surface area contributed by atoms with Crippen molar-refractivity contribution in [3.8, 4) is 0 Å². The van der Waals surface area contributed by atoms with Gasteiger partial charge in [0.2, 0.25) is 0 Å². The topological polar surface area (TPSA) is 68.0 Å². The number of carboxylic acids is 1. The number of fused-ring (bicyclic) bond motifs is 1. The third-order valence-corrected chi connectivity index (χ3v) is 2.51. The molecule has 0 aliphatic rings. The number of carboxylic acid groups (broad SMARTS) is 1. The van der Waals surface area contributed by atoms with E-state index in [0.29, 0.717) is 11.1 Å². The molecule has 1 N–H and O–H groups in total. The van der Waals surface area contributed by atoms with Crippen LogP contribution in [0.5, 0.6) is 0 Å². The lowest BCUT2D eigenvalue weighted by Crippen LogP contribution is -2.07. The molecule has 0 spiro atoms. The van der Waals surface area contributed by atoms with Crippen LogP contribution < -0.4 is 0 Å². The van der Waals surface area contributed by atoms with Gasteiger partial charge in [0.05, 0.1) is 11.4 Å². The highest BCUT2D eigenvalue weighted by Gasteiger charge is 2.18. The summed E-state index contributed by atoms with van der Waals surface area (Å²) >= 11 is 0. The predicted octanol–water partition coefficient (Wildman–Crippen LogP) is 1.16. The molecule has 1 aromatic carbocycles. The Morgan fingerprint density at radius 3 is 2.93 bits per heavy atom. The van der Waals surface area contributed by atoms with Crippen LogP contribution in [-0.4, -0.2) is 26.1 Å². The molecular formula is C10H11N3O2. The molecule has 0 amide bonds. The molecule has 15 heavy (non-hydrogen) atoms. The first-order valence-electron chi connectivity index (χ1n) is 4.62. The Kier molecular flexibility index (Phi) is 2.15. The fraction of sp³-hybridized carbons (Fsp3) is 0.300. The number of aromatic nitrogens is 3. The zero-order chi connectivity index (χ0) is 11.0. The molecule has 78 valence electrons. The molecule has 2 aromatic rings.